The molecule has 11 heteroatoms. The Bertz CT molecular complexity index is 909. The van der Waals surface area contributed by atoms with Crippen molar-refractivity contribution in [3.05, 3.63) is 23.8 Å². The minimum atomic E-state index is -2.10. The number of carbonyl (C=O) groups excluding carboxylic acids is 4. The average molecular weight is 487 g/mol. The van der Waals surface area contributed by atoms with Gasteiger partial charge in [0, 0.05) is 12.5 Å². The van der Waals surface area contributed by atoms with Crippen LogP contribution >= 0.6 is 11.6 Å². The lowest BCUT2D eigenvalue weighted by atomic mass is 9.80. The quantitative estimate of drug-likeness (QED) is 0.196. The monoisotopic (exact) mass is 486 g/mol. The van der Waals surface area contributed by atoms with Crippen LogP contribution in [0.5, 0.6) is 0 Å². The van der Waals surface area contributed by atoms with E-state index in [4.69, 9.17) is 35.3 Å². The van der Waals surface area contributed by atoms with Gasteiger partial charge in [-0.15, -0.1) is 11.6 Å². The number of fused-ring (bicyclic) bond motifs is 3. The fourth-order valence-electron chi connectivity index (χ4n) is 4.18. The molecule has 0 aromatic heterocycles. The van der Waals surface area contributed by atoms with Crippen molar-refractivity contribution in [2.24, 2.45) is 5.92 Å². The fourth-order valence-corrected chi connectivity index (χ4v) is 4.29. The van der Waals surface area contributed by atoms with Crippen LogP contribution in [-0.2, 0) is 42.9 Å². The lowest BCUT2D eigenvalue weighted by molar-refractivity contribution is -0.183. The van der Waals surface area contributed by atoms with E-state index in [1.54, 1.807) is 0 Å². The third-order valence-corrected chi connectivity index (χ3v) is 6.64. The molecule has 7 atom stereocenters. The molecule has 3 aliphatic rings. The summed E-state index contributed by atoms with van der Waals surface area (Å²) in [5, 5.41) is 10.3. The molecule has 10 nitrogen and oxygen atoms in total. The molecule has 33 heavy (non-hydrogen) atoms. The Kier molecular flexibility index (Phi) is 6.93. The first-order valence-corrected chi connectivity index (χ1v) is 10.9. The fraction of sp³-hybridized carbons (Fsp3) is 0.636. The van der Waals surface area contributed by atoms with Crippen molar-refractivity contribution < 1.29 is 48.0 Å². The Labute approximate surface area is 195 Å². The standard InChI is InChI=1S/C22H27ClO10/c1-10-13-15(32-20(27)21(3,28)9-23)14(30-11(2)24)12(19(26)29-5)7-6-8-22(4)17(33-22)16(13)31-18(10)25/h7,13-17,28H,1,6,8-9H2,2-5H3/b12-7+/t13-,14?,15?,16+,17-,21?,22-/m1/s1. The summed E-state index contributed by atoms with van der Waals surface area (Å²) in [4.78, 5) is 50.0. The zero-order valence-electron chi connectivity index (χ0n) is 18.8. The van der Waals surface area contributed by atoms with Crippen LogP contribution in [-0.4, -0.2) is 77.6 Å². The summed E-state index contributed by atoms with van der Waals surface area (Å²) in [6.45, 7) is 7.87. The Morgan fingerprint density at radius 2 is 2.03 bits per heavy atom. The van der Waals surface area contributed by atoms with E-state index in [9.17, 15) is 24.3 Å². The van der Waals surface area contributed by atoms with Crippen molar-refractivity contribution in [3.63, 3.8) is 0 Å². The van der Waals surface area contributed by atoms with E-state index in [-0.39, 0.29) is 11.1 Å². The maximum absolute atomic E-state index is 12.8. The van der Waals surface area contributed by atoms with Gasteiger partial charge in [0.15, 0.2) is 17.8 Å². The van der Waals surface area contributed by atoms with Crippen LogP contribution in [0.15, 0.2) is 23.8 Å². The van der Waals surface area contributed by atoms with Crippen LogP contribution in [0.3, 0.4) is 0 Å². The summed E-state index contributed by atoms with van der Waals surface area (Å²) < 4.78 is 27.3. The van der Waals surface area contributed by atoms with Gasteiger partial charge in [0.2, 0.25) is 0 Å². The van der Waals surface area contributed by atoms with Crippen molar-refractivity contribution in [2.45, 2.75) is 69.2 Å². The Balaban J connectivity index is 2.17. The zero-order valence-corrected chi connectivity index (χ0v) is 19.5. The van der Waals surface area contributed by atoms with E-state index in [1.807, 2.05) is 6.92 Å². The number of allylic oxidation sites excluding steroid dienone is 1. The lowest BCUT2D eigenvalue weighted by Crippen LogP contribution is -2.51. The first-order chi connectivity index (χ1) is 15.4. The highest BCUT2D eigenvalue weighted by molar-refractivity contribution is 6.20. The number of carbonyl (C=O) groups is 4. The van der Waals surface area contributed by atoms with Crippen molar-refractivity contribution in [2.75, 3.05) is 13.0 Å². The number of aliphatic hydroxyl groups is 1. The summed E-state index contributed by atoms with van der Waals surface area (Å²) in [7, 11) is 1.15. The molecule has 2 saturated heterocycles. The molecule has 0 saturated carbocycles. The molecule has 2 aliphatic heterocycles. The summed E-state index contributed by atoms with van der Waals surface area (Å²) in [6.07, 6.45) is -2.09. The largest absolute Gasteiger partial charge is 0.466 e. The molecular weight excluding hydrogens is 460 g/mol. The van der Waals surface area contributed by atoms with Gasteiger partial charge in [0.25, 0.3) is 0 Å². The number of ether oxygens (including phenoxy) is 5. The third-order valence-electron chi connectivity index (χ3n) is 6.12. The van der Waals surface area contributed by atoms with Crippen LogP contribution < -0.4 is 0 Å². The molecule has 0 aromatic carbocycles. The van der Waals surface area contributed by atoms with E-state index in [0.717, 1.165) is 21.0 Å². The van der Waals surface area contributed by atoms with Gasteiger partial charge < -0.3 is 28.8 Å². The smallest absolute Gasteiger partial charge is 0.339 e. The molecule has 2 heterocycles. The molecule has 1 aliphatic carbocycles. The molecule has 0 bridgehead atoms. The summed E-state index contributed by atoms with van der Waals surface area (Å²) >= 11 is 5.71. The third kappa shape index (κ3) is 4.78. The van der Waals surface area contributed by atoms with Gasteiger partial charge in [-0.3, -0.25) is 4.79 Å². The normalized spacial score (nSPS) is 36.7. The highest BCUT2D eigenvalue weighted by Gasteiger charge is 2.65. The first-order valence-electron chi connectivity index (χ1n) is 10.4. The molecule has 182 valence electrons. The summed E-state index contributed by atoms with van der Waals surface area (Å²) in [5.74, 6) is -5.03. The predicted octanol–water partition coefficient (Wildman–Crippen LogP) is 0.968. The molecular formula is C22H27ClO10. The van der Waals surface area contributed by atoms with Crippen molar-refractivity contribution in [3.8, 4) is 0 Å². The molecule has 0 aromatic rings. The van der Waals surface area contributed by atoms with E-state index >= 15 is 0 Å². The van der Waals surface area contributed by atoms with Crippen LogP contribution in [0.2, 0.25) is 0 Å². The lowest BCUT2D eigenvalue weighted by Gasteiger charge is -2.35. The van der Waals surface area contributed by atoms with Gasteiger partial charge >= 0.3 is 23.9 Å². The van der Waals surface area contributed by atoms with Crippen LogP contribution in [0.25, 0.3) is 0 Å². The Morgan fingerprint density at radius 3 is 2.61 bits per heavy atom. The van der Waals surface area contributed by atoms with Gasteiger partial charge in [-0.1, -0.05) is 12.7 Å². The molecule has 0 amide bonds. The second-order valence-electron chi connectivity index (χ2n) is 8.77. The van der Waals surface area contributed by atoms with Gasteiger partial charge in [0.1, 0.15) is 12.2 Å². The number of halogens is 1. The number of hydrogen-bond donors (Lipinski definition) is 1. The van der Waals surface area contributed by atoms with E-state index in [1.165, 1.54) is 6.08 Å². The van der Waals surface area contributed by atoms with Crippen LogP contribution in [0.4, 0.5) is 0 Å². The molecule has 3 rings (SSSR count). The zero-order chi connectivity index (χ0) is 24.7. The second-order valence-corrected chi connectivity index (χ2v) is 9.04. The summed E-state index contributed by atoms with van der Waals surface area (Å²) in [5.41, 5.74) is -2.90. The van der Waals surface area contributed by atoms with Crippen molar-refractivity contribution >= 4 is 35.5 Å². The highest BCUT2D eigenvalue weighted by Crippen LogP contribution is 2.50. The van der Waals surface area contributed by atoms with Crippen molar-refractivity contribution in [1.82, 2.24) is 0 Å². The highest BCUT2D eigenvalue weighted by atomic mass is 35.5. The van der Waals surface area contributed by atoms with Gasteiger partial charge in [0.05, 0.1) is 30.1 Å². The summed E-state index contributed by atoms with van der Waals surface area (Å²) in [6, 6.07) is 0. The molecule has 0 spiro atoms. The number of hydrogen-bond acceptors (Lipinski definition) is 10. The van der Waals surface area contributed by atoms with Gasteiger partial charge in [-0.05, 0) is 26.7 Å². The Hall–Kier alpha value is -2.43. The average Bonchev–Trinajstić information content (AvgIpc) is 3.34. The second kappa shape index (κ2) is 9.08. The van der Waals surface area contributed by atoms with E-state index < -0.39 is 71.3 Å². The number of rotatable bonds is 5. The van der Waals surface area contributed by atoms with E-state index in [0.29, 0.717) is 12.8 Å². The molecule has 2 fully saturated rings. The Morgan fingerprint density at radius 1 is 1.36 bits per heavy atom. The van der Waals surface area contributed by atoms with Crippen molar-refractivity contribution in [1.29, 1.82) is 0 Å². The molecule has 1 N–H and O–H groups in total. The number of epoxide rings is 1. The SMILES string of the molecule is C=C1C(=O)O[C@H]2[C@H]1C(OC(=O)C(C)(O)CCl)C(OC(C)=O)/C(C(=O)OC)=C\CC[C@@]1(C)O[C@H]21. The minimum Gasteiger partial charge on any atom is -0.466 e. The number of alkyl halides is 1. The topological polar surface area (TPSA) is 138 Å². The maximum atomic E-state index is 12.8. The minimum absolute atomic E-state index is 0.0527. The molecule has 3 unspecified atom stereocenters. The maximum Gasteiger partial charge on any atom is 0.339 e. The van der Waals surface area contributed by atoms with E-state index in [2.05, 4.69) is 6.58 Å². The van der Waals surface area contributed by atoms with Gasteiger partial charge in [-0.2, -0.15) is 0 Å². The number of esters is 4. The van der Waals surface area contributed by atoms with Crippen LogP contribution in [0, 0.1) is 5.92 Å². The predicted molar refractivity (Wildman–Crippen MR) is 112 cm³/mol. The first kappa shape index (κ1) is 25.2. The van der Waals surface area contributed by atoms with Gasteiger partial charge in [-0.25, -0.2) is 14.4 Å². The molecule has 0 radical (unpaired) electrons. The van der Waals surface area contributed by atoms with Crippen LogP contribution in [0.1, 0.15) is 33.6 Å². The number of methoxy groups -OCH3 is 1.